The number of pyridine rings is 1. The van der Waals surface area contributed by atoms with Gasteiger partial charge in [-0.3, -0.25) is 4.98 Å². The summed E-state index contributed by atoms with van der Waals surface area (Å²) in [6.45, 7) is 0. The zero-order valence-electron chi connectivity index (χ0n) is 30.3. The predicted molar refractivity (Wildman–Crippen MR) is 228 cm³/mol. The number of fused-ring (bicyclic) bond motifs is 9. The third kappa shape index (κ3) is 4.79. The van der Waals surface area contributed by atoms with Gasteiger partial charge in [0.15, 0.2) is 17.5 Å². The fourth-order valence-electron chi connectivity index (χ4n) is 8.55. The van der Waals surface area contributed by atoms with Crippen LogP contribution in [-0.4, -0.2) is 24.5 Å². The molecule has 266 valence electrons. The first kappa shape index (κ1) is 31.5. The molecular formula is C50H29N5O2. The minimum absolute atomic E-state index is 0.533. The number of nitrogens with zero attached hydrogens (tertiary/aromatic N) is 5. The summed E-state index contributed by atoms with van der Waals surface area (Å²) in [6, 6.07) is 56.1. The van der Waals surface area contributed by atoms with E-state index >= 15 is 0 Å². The van der Waals surface area contributed by atoms with Crippen molar-refractivity contribution in [2.45, 2.75) is 0 Å². The zero-order valence-corrected chi connectivity index (χ0v) is 30.3. The molecule has 0 aliphatic carbocycles. The van der Waals surface area contributed by atoms with Crippen LogP contribution in [0.4, 0.5) is 0 Å². The van der Waals surface area contributed by atoms with Gasteiger partial charge in [0.05, 0.1) is 16.7 Å². The lowest BCUT2D eigenvalue weighted by molar-refractivity contribution is 0.668. The Bertz CT molecular complexity index is 3500. The minimum Gasteiger partial charge on any atom is -0.456 e. The molecule has 0 unspecified atom stereocenters. The van der Waals surface area contributed by atoms with Gasteiger partial charge in [0.2, 0.25) is 0 Å². The molecule has 7 heteroatoms. The van der Waals surface area contributed by atoms with Crippen LogP contribution in [0.2, 0.25) is 0 Å². The molecule has 7 nitrogen and oxygen atoms in total. The van der Waals surface area contributed by atoms with E-state index in [-0.39, 0.29) is 0 Å². The number of hydrogen-bond donors (Lipinski definition) is 0. The summed E-state index contributed by atoms with van der Waals surface area (Å²) in [7, 11) is 0. The molecule has 57 heavy (non-hydrogen) atoms. The molecule has 0 saturated carbocycles. The normalized spacial score (nSPS) is 11.9. The van der Waals surface area contributed by atoms with Gasteiger partial charge in [-0.1, -0.05) is 115 Å². The summed E-state index contributed by atoms with van der Waals surface area (Å²) in [5.41, 5.74) is 11.0. The summed E-state index contributed by atoms with van der Waals surface area (Å²) in [5.74, 6) is 1.64. The predicted octanol–water partition coefficient (Wildman–Crippen LogP) is 12.8. The number of para-hydroxylation sites is 4. The van der Waals surface area contributed by atoms with Crippen LogP contribution >= 0.6 is 0 Å². The molecule has 0 fully saturated rings. The smallest absolute Gasteiger partial charge is 0.166 e. The average Bonchev–Trinajstić information content (AvgIpc) is 3.96. The maximum Gasteiger partial charge on any atom is 0.166 e. The summed E-state index contributed by atoms with van der Waals surface area (Å²) in [4.78, 5) is 20.5. The molecule has 0 saturated heterocycles. The van der Waals surface area contributed by atoms with Crippen molar-refractivity contribution in [2.24, 2.45) is 0 Å². The van der Waals surface area contributed by atoms with Crippen LogP contribution in [0.3, 0.4) is 0 Å². The fourth-order valence-corrected chi connectivity index (χ4v) is 8.55. The lowest BCUT2D eigenvalue weighted by atomic mass is 9.95. The number of benzene rings is 7. The molecule has 0 bridgehead atoms. The Morgan fingerprint density at radius 1 is 0.351 bits per heavy atom. The fraction of sp³-hybridized carbons (Fsp3) is 0. The maximum atomic E-state index is 6.33. The van der Waals surface area contributed by atoms with E-state index in [1.165, 1.54) is 10.8 Å². The molecule has 0 amide bonds. The van der Waals surface area contributed by atoms with E-state index in [4.69, 9.17) is 23.8 Å². The molecule has 0 N–H and O–H groups in total. The molecule has 5 heterocycles. The zero-order chi connectivity index (χ0) is 37.5. The van der Waals surface area contributed by atoms with Gasteiger partial charge in [0, 0.05) is 61.4 Å². The molecular weight excluding hydrogens is 703 g/mol. The highest BCUT2D eigenvalue weighted by Gasteiger charge is 2.23. The average molecular weight is 732 g/mol. The van der Waals surface area contributed by atoms with Crippen LogP contribution in [0, 0.1) is 0 Å². The van der Waals surface area contributed by atoms with Gasteiger partial charge in [-0.25, -0.2) is 15.0 Å². The van der Waals surface area contributed by atoms with Crippen molar-refractivity contribution in [1.82, 2.24) is 24.5 Å². The lowest BCUT2D eigenvalue weighted by Crippen LogP contribution is -2.04. The first-order valence-corrected chi connectivity index (χ1v) is 18.9. The molecule has 5 aromatic heterocycles. The second-order valence-electron chi connectivity index (χ2n) is 14.2. The second kappa shape index (κ2) is 12.3. The van der Waals surface area contributed by atoms with Crippen LogP contribution < -0.4 is 0 Å². The van der Waals surface area contributed by atoms with Gasteiger partial charge in [0.25, 0.3) is 0 Å². The van der Waals surface area contributed by atoms with E-state index in [1.807, 2.05) is 60.8 Å². The molecule has 12 aromatic rings. The number of aromatic nitrogens is 5. The van der Waals surface area contributed by atoms with Crippen LogP contribution in [0.15, 0.2) is 185 Å². The third-order valence-electron chi connectivity index (χ3n) is 11.0. The monoisotopic (exact) mass is 731 g/mol. The van der Waals surface area contributed by atoms with E-state index in [2.05, 4.69) is 119 Å². The van der Waals surface area contributed by atoms with Crippen molar-refractivity contribution >= 4 is 65.7 Å². The summed E-state index contributed by atoms with van der Waals surface area (Å²) < 4.78 is 15.0. The van der Waals surface area contributed by atoms with Crippen LogP contribution in [0.5, 0.6) is 0 Å². The molecule has 7 aromatic carbocycles. The second-order valence-corrected chi connectivity index (χ2v) is 14.2. The van der Waals surface area contributed by atoms with Gasteiger partial charge in [-0.15, -0.1) is 0 Å². The van der Waals surface area contributed by atoms with Crippen molar-refractivity contribution in [3.05, 3.63) is 176 Å². The summed E-state index contributed by atoms with van der Waals surface area (Å²) in [6.07, 6.45) is 3.59. The maximum absolute atomic E-state index is 6.33. The number of hydrogen-bond acceptors (Lipinski definition) is 6. The Morgan fingerprint density at radius 3 is 1.58 bits per heavy atom. The van der Waals surface area contributed by atoms with E-state index in [0.29, 0.717) is 17.5 Å². The summed E-state index contributed by atoms with van der Waals surface area (Å²) >= 11 is 0. The van der Waals surface area contributed by atoms with Gasteiger partial charge < -0.3 is 13.4 Å². The molecule has 0 aliphatic heterocycles. The highest BCUT2D eigenvalue weighted by molar-refractivity contribution is 6.14. The van der Waals surface area contributed by atoms with Crippen molar-refractivity contribution in [2.75, 3.05) is 0 Å². The van der Waals surface area contributed by atoms with Gasteiger partial charge >= 0.3 is 0 Å². The standard InChI is InChI=1S/C50H29N5O2/c1-2-16-34(30(13-1)33-19-11-25-44-46(33)36-18-6-10-24-42(36)56-44)48-52-49(54-50(53-48)37-20-12-26-45-47(37)38-29-51-28-27-43(38)57-45)35-17-5-9-23-41(35)55-39-21-7-3-14-31(39)32-15-4-8-22-40(32)55/h1-29H. The molecule has 0 atom stereocenters. The van der Waals surface area contributed by atoms with Crippen LogP contribution in [0.25, 0.3) is 117 Å². The highest BCUT2D eigenvalue weighted by atomic mass is 16.3. The Labute approximate surface area is 325 Å². The van der Waals surface area contributed by atoms with E-state index in [0.717, 1.165) is 88.4 Å². The van der Waals surface area contributed by atoms with E-state index < -0.39 is 0 Å². The van der Waals surface area contributed by atoms with E-state index in [1.54, 1.807) is 6.20 Å². The number of furan rings is 2. The third-order valence-corrected chi connectivity index (χ3v) is 11.0. The number of rotatable bonds is 5. The Hall–Kier alpha value is -7.90. The SMILES string of the molecule is c1ccc(-c2cccc3oc4ccccc4c23)c(-c2nc(-c3ccccc3-n3c4ccccc4c4ccccc43)nc(-c3cccc4oc5ccncc5c34)n2)c1. The highest BCUT2D eigenvalue weighted by Crippen LogP contribution is 2.42. The molecule has 0 spiro atoms. The van der Waals surface area contributed by atoms with Crippen molar-refractivity contribution < 1.29 is 8.83 Å². The first-order chi connectivity index (χ1) is 28.3. The minimum atomic E-state index is 0.533. The Morgan fingerprint density at radius 2 is 0.842 bits per heavy atom. The van der Waals surface area contributed by atoms with Crippen LogP contribution in [0.1, 0.15) is 0 Å². The lowest BCUT2D eigenvalue weighted by Gasteiger charge is -2.16. The van der Waals surface area contributed by atoms with Gasteiger partial charge in [-0.2, -0.15) is 0 Å². The Kier molecular flexibility index (Phi) is 6.79. The molecule has 0 radical (unpaired) electrons. The van der Waals surface area contributed by atoms with E-state index in [9.17, 15) is 0 Å². The van der Waals surface area contributed by atoms with Gasteiger partial charge in [-0.05, 0) is 59.7 Å². The molecule has 12 rings (SSSR count). The van der Waals surface area contributed by atoms with Crippen molar-refractivity contribution in [3.8, 4) is 51.0 Å². The summed E-state index contributed by atoms with van der Waals surface area (Å²) in [5, 5.41) is 6.28. The topological polar surface area (TPSA) is 82.8 Å². The van der Waals surface area contributed by atoms with Crippen LogP contribution in [-0.2, 0) is 0 Å². The van der Waals surface area contributed by atoms with Crippen molar-refractivity contribution in [3.63, 3.8) is 0 Å². The first-order valence-electron chi connectivity index (χ1n) is 18.9. The Balaban J connectivity index is 1.16. The molecule has 0 aliphatic rings. The van der Waals surface area contributed by atoms with Gasteiger partial charge in [0.1, 0.15) is 22.3 Å². The van der Waals surface area contributed by atoms with Crippen molar-refractivity contribution in [1.29, 1.82) is 0 Å². The largest absolute Gasteiger partial charge is 0.456 e. The quantitative estimate of drug-likeness (QED) is 0.175.